The topological polar surface area (TPSA) is 70.2 Å². The fourth-order valence-corrected chi connectivity index (χ4v) is 4.34. The summed E-state index contributed by atoms with van der Waals surface area (Å²) in [6, 6.07) is 13.2. The molecule has 30 heavy (non-hydrogen) atoms. The number of nitrogens with one attached hydrogen (secondary N) is 3. The van der Waals surface area contributed by atoms with Gasteiger partial charge in [0.05, 0.1) is 6.04 Å². The Morgan fingerprint density at radius 3 is 2.40 bits per heavy atom. The molecule has 4 rings (SSSR count). The van der Waals surface area contributed by atoms with Crippen molar-refractivity contribution in [2.45, 2.75) is 50.7 Å². The molecule has 1 saturated heterocycles. The van der Waals surface area contributed by atoms with Gasteiger partial charge >= 0.3 is 0 Å². The summed E-state index contributed by atoms with van der Waals surface area (Å²) in [6.45, 7) is 0.457. The molecule has 7 heteroatoms. The van der Waals surface area contributed by atoms with Crippen LogP contribution in [0.2, 0.25) is 0 Å². The summed E-state index contributed by atoms with van der Waals surface area (Å²) in [7, 11) is 0. The first-order valence-corrected chi connectivity index (χ1v) is 10.3. The summed E-state index contributed by atoms with van der Waals surface area (Å²) in [5, 5.41) is 9.30. The Labute approximate surface area is 182 Å². The third-order valence-electron chi connectivity index (χ3n) is 5.96. The number of fused-ring (bicyclic) bond motifs is 1. The van der Waals surface area contributed by atoms with Gasteiger partial charge in [0.1, 0.15) is 5.82 Å². The fraction of sp³-hybridized carbons (Fsp3) is 0.391. The molecular formula is C23H27ClFN3O2. The normalized spacial score (nSPS) is 22.5. The molecule has 0 spiro atoms. The minimum atomic E-state index is -0.375. The van der Waals surface area contributed by atoms with Crippen molar-refractivity contribution in [3.05, 3.63) is 65.5 Å². The van der Waals surface area contributed by atoms with Crippen LogP contribution in [0.5, 0.6) is 0 Å². The summed E-state index contributed by atoms with van der Waals surface area (Å²) in [5.41, 5.74) is 2.01. The Kier molecular flexibility index (Phi) is 7.45. The molecule has 0 radical (unpaired) electrons. The second kappa shape index (κ2) is 10.0. The van der Waals surface area contributed by atoms with E-state index in [0.717, 1.165) is 12.0 Å². The van der Waals surface area contributed by atoms with Crippen molar-refractivity contribution in [1.82, 2.24) is 10.6 Å². The number of hydrogen-bond acceptors (Lipinski definition) is 3. The molecule has 1 aliphatic heterocycles. The van der Waals surface area contributed by atoms with Gasteiger partial charge in [0.15, 0.2) is 0 Å². The molecule has 3 unspecified atom stereocenters. The maximum atomic E-state index is 13.0. The standard InChI is InChI=1S/C23H26FN3O2.ClH/c24-18-9-7-16(8-10-18)22(28)26-19-11-5-15(6-12-19)14-25-23(29)21-13-17-3-1-2-4-20(17)27-21;/h5-12,17,20-21,27H,1-4,13-14H2,(H,25,29)(H,26,28);1H. The average Bonchev–Trinajstić information content (AvgIpc) is 3.18. The van der Waals surface area contributed by atoms with E-state index in [1.807, 2.05) is 12.1 Å². The van der Waals surface area contributed by atoms with Gasteiger partial charge in [0.25, 0.3) is 5.91 Å². The molecule has 2 aliphatic rings. The van der Waals surface area contributed by atoms with Gasteiger partial charge in [-0.2, -0.15) is 0 Å². The van der Waals surface area contributed by atoms with Crippen LogP contribution < -0.4 is 16.0 Å². The van der Waals surface area contributed by atoms with Crippen LogP contribution in [0.25, 0.3) is 0 Å². The molecule has 0 aromatic heterocycles. The Morgan fingerprint density at radius 1 is 1.00 bits per heavy atom. The van der Waals surface area contributed by atoms with Crippen molar-refractivity contribution in [3.8, 4) is 0 Å². The maximum Gasteiger partial charge on any atom is 0.255 e. The zero-order valence-electron chi connectivity index (χ0n) is 16.7. The molecule has 160 valence electrons. The molecule has 2 aromatic carbocycles. The molecule has 2 fully saturated rings. The minimum absolute atomic E-state index is 0. The monoisotopic (exact) mass is 431 g/mol. The average molecular weight is 432 g/mol. The largest absolute Gasteiger partial charge is 0.351 e. The quantitative estimate of drug-likeness (QED) is 0.669. The minimum Gasteiger partial charge on any atom is -0.351 e. The number of carbonyl (C=O) groups is 2. The lowest BCUT2D eigenvalue weighted by molar-refractivity contribution is -0.123. The molecule has 1 aliphatic carbocycles. The zero-order valence-corrected chi connectivity index (χ0v) is 17.5. The van der Waals surface area contributed by atoms with E-state index in [1.54, 1.807) is 12.1 Å². The van der Waals surface area contributed by atoms with E-state index in [2.05, 4.69) is 16.0 Å². The van der Waals surface area contributed by atoms with Crippen LogP contribution in [0.3, 0.4) is 0 Å². The van der Waals surface area contributed by atoms with Crippen molar-refractivity contribution in [2.24, 2.45) is 5.92 Å². The SMILES string of the molecule is Cl.O=C(Nc1ccc(CNC(=O)C2CC3CCCCC3N2)cc1)c1ccc(F)cc1. The lowest BCUT2D eigenvalue weighted by Gasteiger charge is -2.24. The fourth-order valence-electron chi connectivity index (χ4n) is 4.34. The first kappa shape index (κ1) is 22.2. The second-order valence-corrected chi connectivity index (χ2v) is 7.98. The lowest BCUT2D eigenvalue weighted by Crippen LogP contribution is -2.42. The molecule has 3 N–H and O–H groups in total. The van der Waals surface area contributed by atoms with E-state index >= 15 is 0 Å². The van der Waals surface area contributed by atoms with Gasteiger partial charge in [-0.05, 0) is 67.1 Å². The number of carbonyl (C=O) groups excluding carboxylic acids is 2. The van der Waals surface area contributed by atoms with Gasteiger partial charge in [-0.3, -0.25) is 9.59 Å². The molecule has 0 bridgehead atoms. The summed E-state index contributed by atoms with van der Waals surface area (Å²) >= 11 is 0. The highest BCUT2D eigenvalue weighted by atomic mass is 35.5. The van der Waals surface area contributed by atoms with Gasteiger partial charge in [-0.1, -0.05) is 25.0 Å². The highest BCUT2D eigenvalue weighted by Gasteiger charge is 2.37. The van der Waals surface area contributed by atoms with Crippen molar-refractivity contribution in [3.63, 3.8) is 0 Å². The Hall–Kier alpha value is -2.44. The molecule has 3 atom stereocenters. The molecule has 1 saturated carbocycles. The zero-order chi connectivity index (χ0) is 20.2. The smallest absolute Gasteiger partial charge is 0.255 e. The van der Waals surface area contributed by atoms with Crippen LogP contribution in [-0.4, -0.2) is 23.9 Å². The summed E-state index contributed by atoms with van der Waals surface area (Å²) in [4.78, 5) is 24.7. The van der Waals surface area contributed by atoms with Gasteiger partial charge in [0, 0.05) is 23.8 Å². The van der Waals surface area contributed by atoms with E-state index in [9.17, 15) is 14.0 Å². The van der Waals surface area contributed by atoms with Gasteiger partial charge in [0.2, 0.25) is 5.91 Å². The van der Waals surface area contributed by atoms with Crippen LogP contribution in [0, 0.1) is 11.7 Å². The number of amides is 2. The van der Waals surface area contributed by atoms with Crippen LogP contribution >= 0.6 is 12.4 Å². The van der Waals surface area contributed by atoms with Gasteiger partial charge in [-0.15, -0.1) is 12.4 Å². The van der Waals surface area contributed by atoms with Crippen LogP contribution in [0.15, 0.2) is 48.5 Å². The lowest BCUT2D eigenvalue weighted by atomic mass is 9.85. The van der Waals surface area contributed by atoms with E-state index in [-0.39, 0.29) is 36.1 Å². The predicted molar refractivity (Wildman–Crippen MR) is 117 cm³/mol. The predicted octanol–water partition coefficient (Wildman–Crippen LogP) is 4.04. The third kappa shape index (κ3) is 5.37. The Bertz CT molecular complexity index is 859. The molecule has 1 heterocycles. The van der Waals surface area contributed by atoms with E-state index < -0.39 is 0 Å². The van der Waals surface area contributed by atoms with Crippen molar-refractivity contribution in [1.29, 1.82) is 0 Å². The van der Waals surface area contributed by atoms with Crippen LogP contribution in [-0.2, 0) is 11.3 Å². The van der Waals surface area contributed by atoms with Crippen molar-refractivity contribution >= 4 is 29.9 Å². The van der Waals surface area contributed by atoms with Crippen LogP contribution in [0.4, 0.5) is 10.1 Å². The molecule has 5 nitrogen and oxygen atoms in total. The number of hydrogen-bond donors (Lipinski definition) is 3. The number of anilines is 1. The third-order valence-corrected chi connectivity index (χ3v) is 5.96. The first-order chi connectivity index (χ1) is 14.1. The first-order valence-electron chi connectivity index (χ1n) is 10.3. The van der Waals surface area contributed by atoms with E-state index in [4.69, 9.17) is 0 Å². The van der Waals surface area contributed by atoms with E-state index in [0.29, 0.717) is 29.8 Å². The van der Waals surface area contributed by atoms with Crippen molar-refractivity contribution < 1.29 is 14.0 Å². The van der Waals surface area contributed by atoms with Gasteiger partial charge < -0.3 is 16.0 Å². The summed E-state index contributed by atoms with van der Waals surface area (Å²) < 4.78 is 13.0. The Morgan fingerprint density at radius 2 is 1.70 bits per heavy atom. The number of halogens is 2. The molecule has 2 amide bonds. The summed E-state index contributed by atoms with van der Waals surface area (Å²) in [6.07, 6.45) is 5.88. The highest BCUT2D eigenvalue weighted by Crippen LogP contribution is 2.33. The van der Waals surface area contributed by atoms with Crippen molar-refractivity contribution in [2.75, 3.05) is 5.32 Å². The maximum absolute atomic E-state index is 13.0. The number of benzene rings is 2. The van der Waals surface area contributed by atoms with Crippen LogP contribution in [0.1, 0.15) is 48.0 Å². The Balaban J connectivity index is 0.00000256. The summed E-state index contributed by atoms with van der Waals surface area (Å²) in [5.74, 6) is 0.0379. The molecule has 2 aromatic rings. The second-order valence-electron chi connectivity index (χ2n) is 7.98. The molecular weight excluding hydrogens is 405 g/mol. The van der Waals surface area contributed by atoms with E-state index in [1.165, 1.54) is 49.9 Å². The van der Waals surface area contributed by atoms with Gasteiger partial charge in [-0.25, -0.2) is 4.39 Å². The number of rotatable bonds is 5. The highest BCUT2D eigenvalue weighted by molar-refractivity contribution is 6.04.